The molecule has 102 valence electrons. The summed E-state index contributed by atoms with van der Waals surface area (Å²) in [4.78, 5) is 3.22. The molecule has 0 aliphatic rings. The van der Waals surface area contributed by atoms with Gasteiger partial charge in [0, 0.05) is 11.8 Å². The second-order valence-electron chi connectivity index (χ2n) is 3.84. The maximum Gasteiger partial charge on any atom is 0.433 e. The Morgan fingerprint density at radius 2 is 2.06 bits per heavy atom. The normalized spacial score (nSPS) is 15.4. The lowest BCUT2D eigenvalue weighted by Gasteiger charge is -2.20. The van der Waals surface area contributed by atoms with Crippen molar-refractivity contribution in [1.29, 1.82) is 0 Å². The molecule has 0 saturated heterocycles. The summed E-state index contributed by atoms with van der Waals surface area (Å²) in [6.45, 7) is 0.389. The second-order valence-corrected chi connectivity index (χ2v) is 3.84. The van der Waals surface area contributed by atoms with Gasteiger partial charge < -0.3 is 15.5 Å². The number of aliphatic hydroxyl groups is 2. The van der Waals surface area contributed by atoms with Crippen LogP contribution in [-0.2, 0) is 6.18 Å². The van der Waals surface area contributed by atoms with Crippen LogP contribution >= 0.6 is 0 Å². The van der Waals surface area contributed by atoms with Gasteiger partial charge in [0.25, 0.3) is 0 Å². The van der Waals surface area contributed by atoms with E-state index >= 15 is 0 Å². The highest BCUT2D eigenvalue weighted by Crippen LogP contribution is 2.33. The fourth-order valence-electron chi connectivity index (χ4n) is 1.55. The lowest BCUT2D eigenvalue weighted by atomic mass is 10.0. The summed E-state index contributed by atoms with van der Waals surface area (Å²) >= 11 is 0. The van der Waals surface area contributed by atoms with E-state index < -0.39 is 29.6 Å². The number of rotatable bonds is 5. The van der Waals surface area contributed by atoms with Crippen molar-refractivity contribution in [3.05, 3.63) is 29.6 Å². The molecule has 0 aliphatic heterocycles. The van der Waals surface area contributed by atoms with E-state index in [0.717, 1.165) is 12.3 Å². The van der Waals surface area contributed by atoms with E-state index in [4.69, 9.17) is 0 Å². The lowest BCUT2D eigenvalue weighted by Crippen LogP contribution is -2.25. The highest BCUT2D eigenvalue weighted by molar-refractivity contribution is 5.25. The van der Waals surface area contributed by atoms with Crippen LogP contribution in [0, 0.1) is 0 Å². The number of halogens is 3. The molecular weight excluding hydrogens is 249 g/mol. The Kier molecular flexibility index (Phi) is 5.06. The zero-order chi connectivity index (χ0) is 13.8. The van der Waals surface area contributed by atoms with Gasteiger partial charge in [-0.25, -0.2) is 0 Å². The minimum atomic E-state index is -4.65. The van der Waals surface area contributed by atoms with Crippen LogP contribution in [0.4, 0.5) is 13.2 Å². The summed E-state index contributed by atoms with van der Waals surface area (Å²) < 4.78 is 38.0. The van der Waals surface area contributed by atoms with E-state index in [0.29, 0.717) is 6.54 Å². The third kappa shape index (κ3) is 3.66. The SMILES string of the molecule is CNCCC(O)C(O)c1cccnc1C(F)(F)F. The summed E-state index contributed by atoms with van der Waals surface area (Å²) in [5.41, 5.74) is -1.57. The highest BCUT2D eigenvalue weighted by atomic mass is 19.4. The summed E-state index contributed by atoms with van der Waals surface area (Å²) in [6.07, 6.45) is -6.39. The first-order chi connectivity index (χ1) is 8.38. The predicted octanol–water partition coefficient (Wildman–Crippen LogP) is 1.10. The van der Waals surface area contributed by atoms with E-state index in [9.17, 15) is 23.4 Å². The number of alkyl halides is 3. The molecule has 4 nitrogen and oxygen atoms in total. The quantitative estimate of drug-likeness (QED) is 0.745. The molecule has 1 aromatic heterocycles. The molecule has 2 unspecified atom stereocenters. The van der Waals surface area contributed by atoms with Gasteiger partial charge in [0.2, 0.25) is 0 Å². The molecule has 0 saturated carbocycles. The average molecular weight is 264 g/mol. The smallest absolute Gasteiger partial charge is 0.390 e. The number of aromatic nitrogens is 1. The van der Waals surface area contributed by atoms with Gasteiger partial charge in [0.1, 0.15) is 11.8 Å². The van der Waals surface area contributed by atoms with Crippen molar-refractivity contribution < 1.29 is 23.4 Å². The van der Waals surface area contributed by atoms with Gasteiger partial charge in [-0.3, -0.25) is 4.98 Å². The number of hydrogen-bond donors (Lipinski definition) is 3. The summed E-state index contributed by atoms with van der Waals surface area (Å²) in [5.74, 6) is 0. The zero-order valence-corrected chi connectivity index (χ0v) is 9.78. The van der Waals surface area contributed by atoms with Gasteiger partial charge in [0.05, 0.1) is 6.10 Å². The van der Waals surface area contributed by atoms with E-state index in [1.54, 1.807) is 7.05 Å². The van der Waals surface area contributed by atoms with Gasteiger partial charge >= 0.3 is 6.18 Å². The van der Waals surface area contributed by atoms with E-state index in [1.165, 1.54) is 6.07 Å². The third-order valence-corrected chi connectivity index (χ3v) is 2.48. The number of aliphatic hydroxyl groups excluding tert-OH is 2. The first-order valence-corrected chi connectivity index (χ1v) is 5.40. The van der Waals surface area contributed by atoms with Crippen LogP contribution in [0.25, 0.3) is 0 Å². The second kappa shape index (κ2) is 6.12. The Morgan fingerprint density at radius 1 is 1.39 bits per heavy atom. The predicted molar refractivity (Wildman–Crippen MR) is 58.7 cm³/mol. The van der Waals surface area contributed by atoms with Crippen molar-refractivity contribution in [2.75, 3.05) is 13.6 Å². The molecule has 0 radical (unpaired) electrons. The van der Waals surface area contributed by atoms with Gasteiger partial charge in [-0.2, -0.15) is 13.2 Å². The maximum absolute atomic E-state index is 12.7. The molecule has 0 spiro atoms. The van der Waals surface area contributed by atoms with Crippen molar-refractivity contribution in [2.45, 2.75) is 24.8 Å². The fourth-order valence-corrected chi connectivity index (χ4v) is 1.55. The average Bonchev–Trinajstić information content (AvgIpc) is 2.34. The molecule has 0 aliphatic carbocycles. The van der Waals surface area contributed by atoms with Gasteiger partial charge in [-0.05, 0) is 26.1 Å². The van der Waals surface area contributed by atoms with Crippen molar-refractivity contribution >= 4 is 0 Å². The van der Waals surface area contributed by atoms with Crippen LogP contribution in [0.5, 0.6) is 0 Å². The molecule has 1 heterocycles. The van der Waals surface area contributed by atoms with E-state index in [-0.39, 0.29) is 6.42 Å². The summed E-state index contributed by atoms with van der Waals surface area (Å²) in [6, 6.07) is 2.40. The number of hydrogen-bond acceptors (Lipinski definition) is 4. The Bertz CT molecular complexity index is 385. The first-order valence-electron chi connectivity index (χ1n) is 5.40. The molecule has 1 rings (SSSR count). The standard InChI is InChI=1S/C11H15F3N2O2/c1-15-6-4-8(17)9(18)7-3-2-5-16-10(7)11(12,13)14/h2-3,5,8-9,15,17-18H,4,6H2,1H3. The summed E-state index contributed by atoms with van der Waals surface area (Å²) in [7, 11) is 1.64. The van der Waals surface area contributed by atoms with Crippen molar-refractivity contribution in [3.63, 3.8) is 0 Å². The van der Waals surface area contributed by atoms with Crippen molar-refractivity contribution in [1.82, 2.24) is 10.3 Å². The van der Waals surface area contributed by atoms with E-state index in [1.807, 2.05) is 0 Å². The lowest BCUT2D eigenvalue weighted by molar-refractivity contribution is -0.143. The molecule has 18 heavy (non-hydrogen) atoms. The first kappa shape index (κ1) is 14.9. The van der Waals surface area contributed by atoms with Crippen LogP contribution in [0.1, 0.15) is 23.8 Å². The highest BCUT2D eigenvalue weighted by Gasteiger charge is 2.37. The zero-order valence-electron chi connectivity index (χ0n) is 9.78. The monoisotopic (exact) mass is 264 g/mol. The van der Waals surface area contributed by atoms with Crippen LogP contribution in [0.3, 0.4) is 0 Å². The Morgan fingerprint density at radius 3 is 2.61 bits per heavy atom. The Hall–Kier alpha value is -1.18. The van der Waals surface area contributed by atoms with Gasteiger partial charge in [0.15, 0.2) is 0 Å². The molecule has 0 fully saturated rings. The molecule has 0 amide bonds. The molecule has 7 heteroatoms. The minimum Gasteiger partial charge on any atom is -0.390 e. The molecule has 1 aromatic rings. The fraction of sp³-hybridized carbons (Fsp3) is 0.545. The number of pyridine rings is 1. The molecular formula is C11H15F3N2O2. The van der Waals surface area contributed by atoms with Crippen LogP contribution in [0.2, 0.25) is 0 Å². The Labute approximate surface area is 102 Å². The topological polar surface area (TPSA) is 65.4 Å². The number of nitrogens with zero attached hydrogens (tertiary/aromatic N) is 1. The molecule has 3 N–H and O–H groups in total. The van der Waals surface area contributed by atoms with Crippen LogP contribution in [-0.4, -0.2) is 34.9 Å². The van der Waals surface area contributed by atoms with Gasteiger partial charge in [-0.1, -0.05) is 6.07 Å². The largest absolute Gasteiger partial charge is 0.433 e. The number of nitrogens with one attached hydrogen (secondary N) is 1. The Balaban J connectivity index is 2.95. The molecule has 0 bridgehead atoms. The third-order valence-electron chi connectivity index (χ3n) is 2.48. The van der Waals surface area contributed by atoms with E-state index in [2.05, 4.69) is 10.3 Å². The molecule has 2 atom stereocenters. The summed E-state index contributed by atoms with van der Waals surface area (Å²) in [5, 5.41) is 22.1. The minimum absolute atomic E-state index is 0.143. The maximum atomic E-state index is 12.7. The van der Waals surface area contributed by atoms with Crippen molar-refractivity contribution in [3.8, 4) is 0 Å². The van der Waals surface area contributed by atoms with Crippen LogP contribution < -0.4 is 5.32 Å². The van der Waals surface area contributed by atoms with Gasteiger partial charge in [-0.15, -0.1) is 0 Å². The van der Waals surface area contributed by atoms with Crippen molar-refractivity contribution in [2.24, 2.45) is 0 Å². The van der Waals surface area contributed by atoms with Crippen LogP contribution in [0.15, 0.2) is 18.3 Å². The molecule has 0 aromatic carbocycles.